The zero-order valence-corrected chi connectivity index (χ0v) is 16.9. The molecule has 2 aliphatic rings. The summed E-state index contributed by atoms with van der Waals surface area (Å²) in [5.74, 6) is 0. The van der Waals surface area contributed by atoms with E-state index in [-0.39, 0.29) is 6.17 Å². The van der Waals surface area contributed by atoms with Gasteiger partial charge in [-0.2, -0.15) is 0 Å². The van der Waals surface area contributed by atoms with Crippen molar-refractivity contribution < 1.29 is 0 Å². The van der Waals surface area contributed by atoms with Gasteiger partial charge in [-0.25, -0.2) is 0 Å². The summed E-state index contributed by atoms with van der Waals surface area (Å²) in [5.41, 5.74) is 6.43. The number of hydrogen-bond donors (Lipinski definition) is 0. The minimum absolute atomic E-state index is 0.220. The maximum atomic E-state index is 4.92. The van der Waals surface area contributed by atoms with Crippen molar-refractivity contribution in [2.75, 3.05) is 4.90 Å². The van der Waals surface area contributed by atoms with Crippen molar-refractivity contribution in [3.63, 3.8) is 0 Å². The molecule has 0 aromatic heterocycles. The summed E-state index contributed by atoms with van der Waals surface area (Å²) >= 11 is 0. The topological polar surface area (TPSA) is 15.6 Å². The Morgan fingerprint density at radius 2 is 1.54 bits per heavy atom. The average Bonchev–Trinajstić information content (AvgIpc) is 3.08. The summed E-state index contributed by atoms with van der Waals surface area (Å²) in [7, 11) is 0. The highest BCUT2D eigenvalue weighted by Gasteiger charge is 2.33. The highest BCUT2D eigenvalue weighted by Crippen LogP contribution is 2.40. The summed E-state index contributed by atoms with van der Waals surface area (Å²) in [6.07, 6.45) is 5.70. The maximum absolute atomic E-state index is 4.92. The molecule has 0 saturated carbocycles. The fourth-order valence-corrected chi connectivity index (χ4v) is 3.24. The number of rotatable bonds is 2. The monoisotopic (exact) mass is 348 g/mol. The number of hydrogen-bond acceptors (Lipinski definition) is 2. The predicted octanol–water partition coefficient (Wildman–Crippen LogP) is 6.72. The van der Waals surface area contributed by atoms with Gasteiger partial charge in [0.05, 0.1) is 5.70 Å². The molecule has 0 fully saturated rings. The molecule has 0 amide bonds. The molecule has 26 heavy (non-hydrogen) atoms. The van der Waals surface area contributed by atoms with Crippen LogP contribution in [0.4, 0.5) is 5.69 Å². The number of benzene rings is 2. The van der Waals surface area contributed by atoms with Gasteiger partial charge in [0.1, 0.15) is 6.17 Å². The molecular weight excluding hydrogens is 316 g/mol. The van der Waals surface area contributed by atoms with E-state index in [1.54, 1.807) is 0 Å². The van der Waals surface area contributed by atoms with Crippen molar-refractivity contribution in [3.8, 4) is 0 Å². The van der Waals surface area contributed by atoms with Crippen molar-refractivity contribution in [1.82, 2.24) is 0 Å². The Hall–Kier alpha value is -2.35. The Balaban J connectivity index is 0.000000444. The molecule has 0 saturated heterocycles. The lowest BCUT2D eigenvalue weighted by molar-refractivity contribution is 0.720. The van der Waals surface area contributed by atoms with Gasteiger partial charge >= 0.3 is 0 Å². The SMILES string of the molecule is CC.CCC.CCC1=NC2Cc3ccccc3N2C(c2ccccc2)=C1. The first-order chi connectivity index (χ1) is 12.8. The third-order valence-electron chi connectivity index (χ3n) is 4.26. The molecule has 2 nitrogen and oxygen atoms in total. The lowest BCUT2D eigenvalue weighted by Crippen LogP contribution is -2.33. The van der Waals surface area contributed by atoms with Gasteiger partial charge in [-0.3, -0.25) is 4.99 Å². The van der Waals surface area contributed by atoms with Crippen molar-refractivity contribution >= 4 is 17.1 Å². The standard InChI is InChI=1S/C19H18N2.C3H8.C2H6/c1-2-16-13-18(14-8-4-3-5-9-14)21-17-11-7-6-10-15(17)12-19(21)20-16;1-3-2;1-2/h3-11,13,19H,2,12H2,1H3;3H2,1-2H3;1-2H3. The first kappa shape index (κ1) is 20.0. The Labute approximate surface area is 159 Å². The first-order valence-corrected chi connectivity index (χ1v) is 9.99. The molecular formula is C24H32N2. The van der Waals surface area contributed by atoms with Crippen LogP contribution in [-0.2, 0) is 6.42 Å². The number of nitrogens with zero attached hydrogens (tertiary/aromatic N) is 2. The van der Waals surface area contributed by atoms with Crippen LogP contribution in [-0.4, -0.2) is 11.9 Å². The molecule has 2 aromatic rings. The minimum atomic E-state index is 0.220. The van der Waals surface area contributed by atoms with Crippen LogP contribution in [0.5, 0.6) is 0 Å². The molecule has 0 spiro atoms. The van der Waals surface area contributed by atoms with E-state index < -0.39 is 0 Å². The summed E-state index contributed by atoms with van der Waals surface area (Å²) in [6, 6.07) is 19.3. The lowest BCUT2D eigenvalue weighted by Gasteiger charge is -2.31. The van der Waals surface area contributed by atoms with Gasteiger partial charge in [-0.05, 0) is 29.7 Å². The fourth-order valence-electron chi connectivity index (χ4n) is 3.24. The highest BCUT2D eigenvalue weighted by molar-refractivity contribution is 6.05. The Kier molecular flexibility index (Phi) is 7.65. The van der Waals surface area contributed by atoms with Gasteiger partial charge in [0, 0.05) is 17.8 Å². The Morgan fingerprint density at radius 3 is 2.19 bits per heavy atom. The minimum Gasteiger partial charge on any atom is -0.318 e. The van der Waals surface area contributed by atoms with Crippen LogP contribution in [0.1, 0.15) is 58.6 Å². The maximum Gasteiger partial charge on any atom is 0.129 e. The first-order valence-electron chi connectivity index (χ1n) is 9.99. The summed E-state index contributed by atoms with van der Waals surface area (Å²) in [4.78, 5) is 7.31. The molecule has 0 bridgehead atoms. The van der Waals surface area contributed by atoms with Crippen LogP contribution in [0, 0.1) is 0 Å². The van der Waals surface area contributed by atoms with Gasteiger partial charge in [-0.1, -0.05) is 89.6 Å². The van der Waals surface area contributed by atoms with Gasteiger partial charge < -0.3 is 4.90 Å². The van der Waals surface area contributed by atoms with Crippen LogP contribution in [0.2, 0.25) is 0 Å². The fraction of sp³-hybridized carbons (Fsp3) is 0.375. The Bertz CT molecular complexity index is 744. The number of fused-ring (bicyclic) bond motifs is 3. The van der Waals surface area contributed by atoms with E-state index in [1.165, 1.54) is 34.6 Å². The van der Waals surface area contributed by atoms with E-state index in [9.17, 15) is 0 Å². The van der Waals surface area contributed by atoms with E-state index >= 15 is 0 Å². The molecule has 1 atom stereocenters. The molecule has 1 unspecified atom stereocenters. The second-order valence-electron chi connectivity index (χ2n) is 6.26. The van der Waals surface area contributed by atoms with E-state index in [4.69, 9.17) is 4.99 Å². The van der Waals surface area contributed by atoms with E-state index in [0.29, 0.717) is 0 Å². The van der Waals surface area contributed by atoms with E-state index in [1.807, 2.05) is 13.8 Å². The summed E-state index contributed by atoms with van der Waals surface area (Å²) in [5, 5.41) is 0. The van der Waals surface area contributed by atoms with E-state index in [2.05, 4.69) is 86.3 Å². The van der Waals surface area contributed by atoms with Crippen molar-refractivity contribution in [2.24, 2.45) is 4.99 Å². The van der Waals surface area contributed by atoms with Gasteiger partial charge in [-0.15, -0.1) is 0 Å². The van der Waals surface area contributed by atoms with Gasteiger partial charge in [0.25, 0.3) is 0 Å². The molecule has 2 aromatic carbocycles. The second-order valence-corrected chi connectivity index (χ2v) is 6.26. The van der Waals surface area contributed by atoms with E-state index in [0.717, 1.165) is 12.8 Å². The molecule has 4 rings (SSSR count). The van der Waals surface area contributed by atoms with Crippen molar-refractivity contribution in [2.45, 2.75) is 60.0 Å². The summed E-state index contributed by atoms with van der Waals surface area (Å²) < 4.78 is 0. The van der Waals surface area contributed by atoms with Crippen LogP contribution in [0.3, 0.4) is 0 Å². The zero-order valence-electron chi connectivity index (χ0n) is 16.9. The smallest absolute Gasteiger partial charge is 0.129 e. The molecule has 0 radical (unpaired) electrons. The zero-order chi connectivity index (χ0) is 18.9. The third kappa shape index (κ3) is 4.24. The van der Waals surface area contributed by atoms with Gasteiger partial charge in [0.15, 0.2) is 0 Å². The van der Waals surface area contributed by atoms with Crippen LogP contribution in [0.15, 0.2) is 65.7 Å². The third-order valence-corrected chi connectivity index (χ3v) is 4.26. The Morgan fingerprint density at radius 1 is 0.923 bits per heavy atom. The second kappa shape index (κ2) is 9.96. The normalized spacial score (nSPS) is 16.8. The lowest BCUT2D eigenvalue weighted by atomic mass is 10.1. The number of para-hydroxylation sites is 1. The molecule has 2 heteroatoms. The summed E-state index contributed by atoms with van der Waals surface area (Å²) in [6.45, 7) is 10.4. The average molecular weight is 349 g/mol. The number of allylic oxidation sites excluding steroid dienone is 1. The highest BCUT2D eigenvalue weighted by atomic mass is 15.3. The largest absolute Gasteiger partial charge is 0.318 e. The van der Waals surface area contributed by atoms with Crippen molar-refractivity contribution in [3.05, 3.63) is 71.8 Å². The van der Waals surface area contributed by atoms with Crippen LogP contribution in [0.25, 0.3) is 5.70 Å². The molecule has 2 heterocycles. The molecule has 2 aliphatic heterocycles. The van der Waals surface area contributed by atoms with Gasteiger partial charge in [0.2, 0.25) is 0 Å². The molecule has 0 aliphatic carbocycles. The van der Waals surface area contributed by atoms with Crippen molar-refractivity contribution in [1.29, 1.82) is 0 Å². The number of aliphatic imine (C=N–C) groups is 1. The predicted molar refractivity (Wildman–Crippen MR) is 116 cm³/mol. The number of anilines is 1. The quantitative estimate of drug-likeness (QED) is 0.588. The molecule has 138 valence electrons. The molecule has 0 N–H and O–H groups in total. The van der Waals surface area contributed by atoms with Crippen LogP contribution >= 0.6 is 0 Å². The van der Waals surface area contributed by atoms with Crippen LogP contribution < -0.4 is 4.90 Å².